The van der Waals surface area contributed by atoms with Gasteiger partial charge in [0.05, 0.1) is 4.90 Å². The molecule has 1 aliphatic carbocycles. The second-order valence-corrected chi connectivity index (χ2v) is 7.80. The molecule has 2 rings (SSSR count). The lowest BCUT2D eigenvalue weighted by atomic mass is 9.84. The van der Waals surface area contributed by atoms with Crippen molar-refractivity contribution in [2.75, 3.05) is 0 Å². The largest absolute Gasteiger partial charge is 0.480 e. The minimum absolute atomic E-state index is 0.0621. The summed E-state index contributed by atoms with van der Waals surface area (Å²) in [7, 11) is -3.86. The first-order valence-corrected chi connectivity index (χ1v) is 9.19. The van der Waals surface area contributed by atoms with E-state index in [1.54, 1.807) is 18.2 Å². The SMILES string of the molecule is O=C(O)C(NS(=O)(=O)c1ccccc1Br)C1CCCCC1. The predicted molar refractivity (Wildman–Crippen MR) is 82.5 cm³/mol. The van der Waals surface area contributed by atoms with Crippen molar-refractivity contribution in [3.05, 3.63) is 28.7 Å². The van der Waals surface area contributed by atoms with Crippen molar-refractivity contribution in [1.82, 2.24) is 4.72 Å². The van der Waals surface area contributed by atoms with E-state index in [1.165, 1.54) is 6.07 Å². The molecule has 1 saturated carbocycles. The topological polar surface area (TPSA) is 83.5 Å². The third-order valence-electron chi connectivity index (χ3n) is 3.80. The third kappa shape index (κ3) is 4.05. The smallest absolute Gasteiger partial charge is 0.322 e. The van der Waals surface area contributed by atoms with Gasteiger partial charge in [-0.2, -0.15) is 4.72 Å². The van der Waals surface area contributed by atoms with E-state index in [2.05, 4.69) is 20.7 Å². The van der Waals surface area contributed by atoms with Crippen molar-refractivity contribution in [3.63, 3.8) is 0 Å². The Labute approximate surface area is 132 Å². The number of carboxylic acids is 1. The highest BCUT2D eigenvalue weighted by Crippen LogP contribution is 2.28. The summed E-state index contributed by atoms with van der Waals surface area (Å²) in [6, 6.07) is 5.31. The molecule has 0 spiro atoms. The number of sulfonamides is 1. The quantitative estimate of drug-likeness (QED) is 0.828. The van der Waals surface area contributed by atoms with Crippen LogP contribution in [-0.4, -0.2) is 25.5 Å². The summed E-state index contributed by atoms with van der Waals surface area (Å²) in [4.78, 5) is 11.5. The van der Waals surface area contributed by atoms with Gasteiger partial charge in [-0.25, -0.2) is 8.42 Å². The first-order chi connectivity index (χ1) is 9.92. The van der Waals surface area contributed by atoms with Crippen molar-refractivity contribution in [1.29, 1.82) is 0 Å². The molecule has 0 heterocycles. The van der Waals surface area contributed by atoms with Crippen LogP contribution in [0.15, 0.2) is 33.6 Å². The van der Waals surface area contributed by atoms with Gasteiger partial charge in [0.25, 0.3) is 0 Å². The maximum atomic E-state index is 12.4. The first-order valence-electron chi connectivity index (χ1n) is 6.91. The molecule has 0 radical (unpaired) electrons. The standard InChI is InChI=1S/C14H18BrNO4S/c15-11-8-4-5-9-12(11)21(19,20)16-13(14(17)18)10-6-2-1-3-7-10/h4-5,8-10,13,16H,1-3,6-7H2,(H,17,18). The van der Waals surface area contributed by atoms with Gasteiger partial charge in [0.1, 0.15) is 6.04 Å². The van der Waals surface area contributed by atoms with Crippen LogP contribution in [0.25, 0.3) is 0 Å². The van der Waals surface area contributed by atoms with Crippen LogP contribution in [0, 0.1) is 5.92 Å². The minimum Gasteiger partial charge on any atom is -0.480 e. The molecule has 1 aromatic rings. The lowest BCUT2D eigenvalue weighted by molar-refractivity contribution is -0.140. The van der Waals surface area contributed by atoms with Gasteiger partial charge in [0, 0.05) is 4.47 Å². The summed E-state index contributed by atoms with van der Waals surface area (Å²) in [6.45, 7) is 0. The van der Waals surface area contributed by atoms with E-state index in [0.717, 1.165) is 32.1 Å². The maximum Gasteiger partial charge on any atom is 0.322 e. The Morgan fingerprint density at radius 2 is 1.86 bits per heavy atom. The Balaban J connectivity index is 2.23. The molecular weight excluding hydrogens is 358 g/mol. The van der Waals surface area contributed by atoms with E-state index >= 15 is 0 Å². The molecule has 116 valence electrons. The highest BCUT2D eigenvalue weighted by atomic mass is 79.9. The van der Waals surface area contributed by atoms with Crippen LogP contribution < -0.4 is 4.72 Å². The van der Waals surface area contributed by atoms with Gasteiger partial charge in [-0.1, -0.05) is 31.4 Å². The molecule has 1 unspecified atom stereocenters. The normalized spacial score (nSPS) is 18.3. The highest BCUT2D eigenvalue weighted by molar-refractivity contribution is 9.10. The lowest BCUT2D eigenvalue weighted by Crippen LogP contribution is -2.46. The molecule has 21 heavy (non-hydrogen) atoms. The molecule has 0 aromatic heterocycles. The summed E-state index contributed by atoms with van der Waals surface area (Å²) in [5, 5.41) is 9.37. The summed E-state index contributed by atoms with van der Waals surface area (Å²) in [6.07, 6.45) is 4.47. The van der Waals surface area contributed by atoms with Crippen LogP contribution in [0.2, 0.25) is 0 Å². The number of hydrogen-bond acceptors (Lipinski definition) is 3. The Bertz CT molecular complexity index is 611. The first kappa shape index (κ1) is 16.5. The van der Waals surface area contributed by atoms with Crippen molar-refractivity contribution >= 4 is 31.9 Å². The molecule has 1 fully saturated rings. The average Bonchev–Trinajstić information content (AvgIpc) is 2.46. The molecule has 0 bridgehead atoms. The van der Waals surface area contributed by atoms with Gasteiger partial charge in [0.15, 0.2) is 0 Å². The summed E-state index contributed by atoms with van der Waals surface area (Å²) < 4.78 is 27.6. The molecule has 1 atom stereocenters. The predicted octanol–water partition coefficient (Wildman–Crippen LogP) is 2.76. The zero-order chi connectivity index (χ0) is 15.5. The van der Waals surface area contributed by atoms with E-state index in [1.807, 2.05) is 0 Å². The molecule has 5 nitrogen and oxygen atoms in total. The van der Waals surface area contributed by atoms with Crippen LogP contribution in [0.1, 0.15) is 32.1 Å². The number of halogens is 1. The van der Waals surface area contributed by atoms with Crippen molar-refractivity contribution in [3.8, 4) is 0 Å². The van der Waals surface area contributed by atoms with E-state index in [-0.39, 0.29) is 10.8 Å². The Hall–Kier alpha value is -0.920. The van der Waals surface area contributed by atoms with E-state index in [0.29, 0.717) is 4.47 Å². The minimum atomic E-state index is -3.86. The number of rotatable bonds is 5. The fourth-order valence-electron chi connectivity index (χ4n) is 2.71. The van der Waals surface area contributed by atoms with Gasteiger partial charge in [-0.15, -0.1) is 0 Å². The van der Waals surface area contributed by atoms with E-state index < -0.39 is 22.0 Å². The summed E-state index contributed by atoms with van der Waals surface area (Å²) in [5.41, 5.74) is 0. The fraction of sp³-hybridized carbons (Fsp3) is 0.500. The maximum absolute atomic E-state index is 12.4. The summed E-state index contributed by atoms with van der Waals surface area (Å²) in [5.74, 6) is -1.26. The highest BCUT2D eigenvalue weighted by Gasteiger charge is 2.33. The molecule has 7 heteroatoms. The molecule has 0 aliphatic heterocycles. The lowest BCUT2D eigenvalue weighted by Gasteiger charge is -2.28. The summed E-state index contributed by atoms with van der Waals surface area (Å²) >= 11 is 3.19. The van der Waals surface area contributed by atoms with Crippen LogP contribution >= 0.6 is 15.9 Å². The Morgan fingerprint density at radius 1 is 1.24 bits per heavy atom. The fourth-order valence-corrected chi connectivity index (χ4v) is 4.97. The molecule has 2 N–H and O–H groups in total. The van der Waals surface area contributed by atoms with Crippen LogP contribution in [0.5, 0.6) is 0 Å². The molecule has 0 amide bonds. The van der Waals surface area contributed by atoms with Crippen LogP contribution in [-0.2, 0) is 14.8 Å². The molecule has 0 saturated heterocycles. The van der Waals surface area contributed by atoms with Gasteiger partial charge in [-0.05, 0) is 46.8 Å². The average molecular weight is 376 g/mol. The monoisotopic (exact) mass is 375 g/mol. The van der Waals surface area contributed by atoms with Gasteiger partial charge < -0.3 is 5.11 Å². The van der Waals surface area contributed by atoms with Crippen LogP contribution in [0.3, 0.4) is 0 Å². The van der Waals surface area contributed by atoms with Gasteiger partial charge in [0.2, 0.25) is 10.0 Å². The zero-order valence-electron chi connectivity index (χ0n) is 11.5. The number of carboxylic acid groups (broad SMARTS) is 1. The molecule has 1 aromatic carbocycles. The van der Waals surface area contributed by atoms with E-state index in [9.17, 15) is 18.3 Å². The Morgan fingerprint density at radius 3 is 2.43 bits per heavy atom. The van der Waals surface area contributed by atoms with Gasteiger partial charge >= 0.3 is 5.97 Å². The van der Waals surface area contributed by atoms with Crippen molar-refractivity contribution in [2.45, 2.75) is 43.0 Å². The van der Waals surface area contributed by atoms with Crippen LogP contribution in [0.4, 0.5) is 0 Å². The second kappa shape index (κ2) is 6.89. The number of carbonyl (C=O) groups is 1. The third-order valence-corrected chi connectivity index (χ3v) is 6.25. The number of hydrogen-bond donors (Lipinski definition) is 2. The number of benzene rings is 1. The molecular formula is C14H18BrNO4S. The number of aliphatic carboxylic acids is 1. The number of nitrogens with one attached hydrogen (secondary N) is 1. The molecule has 1 aliphatic rings. The van der Waals surface area contributed by atoms with E-state index in [4.69, 9.17) is 0 Å². The second-order valence-electron chi connectivity index (χ2n) is 5.27. The zero-order valence-corrected chi connectivity index (χ0v) is 13.9. The van der Waals surface area contributed by atoms with Gasteiger partial charge in [-0.3, -0.25) is 4.79 Å². The van der Waals surface area contributed by atoms with Crippen molar-refractivity contribution in [2.24, 2.45) is 5.92 Å². The Kier molecular flexibility index (Phi) is 5.40. The van der Waals surface area contributed by atoms with Crippen molar-refractivity contribution < 1.29 is 18.3 Å².